The SMILES string of the molecule is Cn1cnc2ccc(Br)c(F)c21. The third kappa shape index (κ3) is 0.948. The standard InChI is InChI=1S/C8H6BrFN2/c1-12-4-11-6-3-2-5(9)7(10)8(6)12/h2-4H,1H3. The fraction of sp³-hybridized carbons (Fsp3) is 0.125. The van der Waals surface area contributed by atoms with Crippen LogP contribution in [0.2, 0.25) is 0 Å². The quantitative estimate of drug-likeness (QED) is 0.678. The van der Waals surface area contributed by atoms with Crippen molar-refractivity contribution in [3.63, 3.8) is 0 Å². The molecule has 0 aliphatic heterocycles. The predicted molar refractivity (Wildman–Crippen MR) is 48.4 cm³/mol. The number of fused-ring (bicyclic) bond motifs is 1. The molecule has 0 saturated carbocycles. The largest absolute Gasteiger partial charge is 0.331 e. The summed E-state index contributed by atoms with van der Waals surface area (Å²) in [4.78, 5) is 4.02. The smallest absolute Gasteiger partial charge is 0.163 e. The van der Waals surface area contributed by atoms with Crippen LogP contribution in [0.5, 0.6) is 0 Å². The highest BCUT2D eigenvalue weighted by atomic mass is 79.9. The summed E-state index contributed by atoms with van der Waals surface area (Å²) in [5, 5.41) is 0. The number of aromatic nitrogens is 2. The average molecular weight is 229 g/mol. The highest BCUT2D eigenvalue weighted by Crippen LogP contribution is 2.23. The van der Waals surface area contributed by atoms with Crippen molar-refractivity contribution in [3.8, 4) is 0 Å². The molecule has 0 atom stereocenters. The van der Waals surface area contributed by atoms with Crippen LogP contribution in [0, 0.1) is 5.82 Å². The van der Waals surface area contributed by atoms with E-state index in [1.54, 1.807) is 30.1 Å². The molecule has 0 saturated heterocycles. The second kappa shape index (κ2) is 2.55. The van der Waals surface area contributed by atoms with Crippen molar-refractivity contribution in [2.75, 3.05) is 0 Å². The molecule has 1 aromatic carbocycles. The molecule has 0 bridgehead atoms. The topological polar surface area (TPSA) is 17.8 Å². The maximum atomic E-state index is 13.4. The van der Waals surface area contributed by atoms with Crippen LogP contribution in [0.1, 0.15) is 0 Å². The van der Waals surface area contributed by atoms with E-state index in [1.807, 2.05) is 0 Å². The third-order valence-electron chi connectivity index (χ3n) is 1.77. The van der Waals surface area contributed by atoms with E-state index in [0.29, 0.717) is 15.5 Å². The predicted octanol–water partition coefficient (Wildman–Crippen LogP) is 2.47. The van der Waals surface area contributed by atoms with Crippen molar-refractivity contribution < 1.29 is 4.39 Å². The number of benzene rings is 1. The highest BCUT2D eigenvalue weighted by molar-refractivity contribution is 9.10. The molecule has 0 aliphatic carbocycles. The molecule has 1 heterocycles. The van der Waals surface area contributed by atoms with E-state index in [2.05, 4.69) is 20.9 Å². The highest BCUT2D eigenvalue weighted by Gasteiger charge is 2.08. The lowest BCUT2D eigenvalue weighted by molar-refractivity contribution is 0.625. The van der Waals surface area contributed by atoms with Crippen LogP contribution in [0.25, 0.3) is 11.0 Å². The van der Waals surface area contributed by atoms with Gasteiger partial charge in [0, 0.05) is 7.05 Å². The Balaban J connectivity index is 2.96. The lowest BCUT2D eigenvalue weighted by Gasteiger charge is -1.97. The minimum Gasteiger partial charge on any atom is -0.331 e. The first-order chi connectivity index (χ1) is 5.70. The summed E-state index contributed by atoms with van der Waals surface area (Å²) >= 11 is 3.12. The summed E-state index contributed by atoms with van der Waals surface area (Å²) in [6, 6.07) is 3.44. The van der Waals surface area contributed by atoms with Gasteiger partial charge in [0.2, 0.25) is 0 Å². The van der Waals surface area contributed by atoms with Crippen molar-refractivity contribution in [2.45, 2.75) is 0 Å². The van der Waals surface area contributed by atoms with Crippen molar-refractivity contribution in [3.05, 3.63) is 28.7 Å². The van der Waals surface area contributed by atoms with Gasteiger partial charge >= 0.3 is 0 Å². The molecule has 4 heteroatoms. The molecule has 0 fully saturated rings. The van der Waals surface area contributed by atoms with Crippen molar-refractivity contribution in [2.24, 2.45) is 7.05 Å². The molecule has 2 nitrogen and oxygen atoms in total. The van der Waals surface area contributed by atoms with Gasteiger partial charge in [0.25, 0.3) is 0 Å². The summed E-state index contributed by atoms with van der Waals surface area (Å²) in [5.74, 6) is -0.257. The van der Waals surface area contributed by atoms with Gasteiger partial charge in [0.15, 0.2) is 5.82 Å². The third-order valence-corrected chi connectivity index (χ3v) is 2.38. The summed E-state index contributed by atoms with van der Waals surface area (Å²) in [7, 11) is 1.77. The average Bonchev–Trinajstić information content (AvgIpc) is 2.41. The minimum atomic E-state index is -0.257. The minimum absolute atomic E-state index is 0.257. The van der Waals surface area contributed by atoms with Gasteiger partial charge in [-0.1, -0.05) is 0 Å². The fourth-order valence-corrected chi connectivity index (χ4v) is 1.50. The molecular formula is C8H6BrFN2. The number of hydrogen-bond acceptors (Lipinski definition) is 1. The van der Waals surface area contributed by atoms with Gasteiger partial charge in [-0.15, -0.1) is 0 Å². The molecule has 0 spiro atoms. The summed E-state index contributed by atoms with van der Waals surface area (Å²) in [6.07, 6.45) is 1.60. The Morgan fingerprint density at radius 2 is 2.25 bits per heavy atom. The zero-order valence-corrected chi connectivity index (χ0v) is 7.97. The number of aryl methyl sites for hydroxylation is 1. The van der Waals surface area contributed by atoms with Crippen molar-refractivity contribution in [1.82, 2.24) is 9.55 Å². The number of imidazole rings is 1. The maximum Gasteiger partial charge on any atom is 0.163 e. The fourth-order valence-electron chi connectivity index (χ4n) is 1.18. The molecule has 0 amide bonds. The number of hydrogen-bond donors (Lipinski definition) is 0. The lowest BCUT2D eigenvalue weighted by atomic mass is 10.3. The number of halogens is 2. The summed E-state index contributed by atoms with van der Waals surface area (Å²) < 4.78 is 15.5. The molecule has 0 radical (unpaired) electrons. The lowest BCUT2D eigenvalue weighted by Crippen LogP contribution is -1.88. The Labute approximate surface area is 77.1 Å². The Morgan fingerprint density at radius 3 is 3.00 bits per heavy atom. The molecule has 0 aliphatic rings. The molecule has 0 unspecified atom stereocenters. The second-order valence-electron chi connectivity index (χ2n) is 2.58. The van der Waals surface area contributed by atoms with Crippen LogP contribution in [-0.2, 0) is 7.05 Å². The van der Waals surface area contributed by atoms with E-state index in [9.17, 15) is 4.39 Å². The summed E-state index contributed by atoms with van der Waals surface area (Å²) in [6.45, 7) is 0. The van der Waals surface area contributed by atoms with Gasteiger partial charge in [-0.2, -0.15) is 0 Å². The van der Waals surface area contributed by atoms with Crippen LogP contribution in [0.3, 0.4) is 0 Å². The van der Waals surface area contributed by atoms with Gasteiger partial charge in [-0.25, -0.2) is 9.37 Å². The summed E-state index contributed by atoms with van der Waals surface area (Å²) in [5.41, 5.74) is 1.21. The van der Waals surface area contributed by atoms with E-state index in [0.717, 1.165) is 0 Å². The normalized spacial score (nSPS) is 10.9. The molecule has 0 N–H and O–H groups in total. The van der Waals surface area contributed by atoms with E-state index >= 15 is 0 Å². The molecule has 1 aromatic heterocycles. The Kier molecular flexibility index (Phi) is 1.65. The van der Waals surface area contributed by atoms with Gasteiger partial charge in [-0.3, -0.25) is 0 Å². The van der Waals surface area contributed by atoms with E-state index < -0.39 is 0 Å². The van der Waals surface area contributed by atoms with Gasteiger partial charge in [0.1, 0.15) is 5.52 Å². The van der Waals surface area contributed by atoms with Crippen molar-refractivity contribution >= 4 is 27.0 Å². The molecule has 12 heavy (non-hydrogen) atoms. The van der Waals surface area contributed by atoms with Crippen LogP contribution < -0.4 is 0 Å². The van der Waals surface area contributed by atoms with E-state index in [4.69, 9.17) is 0 Å². The molecule has 2 aromatic rings. The number of nitrogens with zero attached hydrogens (tertiary/aromatic N) is 2. The molecule has 62 valence electrons. The van der Waals surface area contributed by atoms with Crippen molar-refractivity contribution in [1.29, 1.82) is 0 Å². The first kappa shape index (κ1) is 7.73. The van der Waals surface area contributed by atoms with Gasteiger partial charge in [0.05, 0.1) is 16.3 Å². The molecule has 2 rings (SSSR count). The Bertz CT molecular complexity index is 436. The van der Waals surface area contributed by atoms with Gasteiger partial charge in [-0.05, 0) is 28.1 Å². The Morgan fingerprint density at radius 1 is 1.50 bits per heavy atom. The monoisotopic (exact) mass is 228 g/mol. The van der Waals surface area contributed by atoms with Gasteiger partial charge < -0.3 is 4.57 Å². The van der Waals surface area contributed by atoms with E-state index in [1.165, 1.54) is 0 Å². The first-order valence-corrected chi connectivity index (χ1v) is 4.24. The van der Waals surface area contributed by atoms with Crippen LogP contribution in [0.15, 0.2) is 22.9 Å². The zero-order valence-electron chi connectivity index (χ0n) is 6.38. The Hall–Kier alpha value is -0.900. The van der Waals surface area contributed by atoms with Crippen LogP contribution in [-0.4, -0.2) is 9.55 Å². The zero-order chi connectivity index (χ0) is 8.72. The maximum absolute atomic E-state index is 13.4. The van der Waals surface area contributed by atoms with E-state index in [-0.39, 0.29) is 5.82 Å². The van der Waals surface area contributed by atoms with Crippen LogP contribution >= 0.6 is 15.9 Å². The number of rotatable bonds is 0. The van der Waals surface area contributed by atoms with Crippen LogP contribution in [0.4, 0.5) is 4.39 Å². The first-order valence-electron chi connectivity index (χ1n) is 3.45. The second-order valence-corrected chi connectivity index (χ2v) is 3.44. The molecular weight excluding hydrogens is 223 g/mol.